The van der Waals surface area contributed by atoms with Crippen LogP contribution in [0.4, 0.5) is 0 Å². The normalized spacial score (nSPS) is 14.2. The minimum absolute atomic E-state index is 0.897. The predicted octanol–water partition coefficient (Wildman–Crippen LogP) is 8.35. The van der Waals surface area contributed by atoms with E-state index in [0.29, 0.717) is 0 Å². The lowest BCUT2D eigenvalue weighted by Crippen LogP contribution is -2.11. The van der Waals surface area contributed by atoms with Crippen LogP contribution in [-0.4, -0.2) is 0 Å². The molecular weight excluding hydrogens is 264 g/mol. The maximum absolute atomic E-state index is 2.79. The quantitative estimate of drug-likeness (QED) is 0.237. The van der Waals surface area contributed by atoms with E-state index in [9.17, 15) is 0 Å². The Morgan fingerprint density at radius 3 is 1.50 bits per heavy atom. The Balaban J connectivity index is 4.12. The van der Waals surface area contributed by atoms with Gasteiger partial charge in [-0.15, -0.1) is 0 Å². The highest BCUT2D eigenvalue weighted by Crippen LogP contribution is 2.28. The largest absolute Gasteiger partial charge is 0.0654 e. The molecule has 0 heteroatoms. The minimum atomic E-state index is 0.897. The van der Waals surface area contributed by atoms with E-state index in [1.165, 1.54) is 96.3 Å². The van der Waals surface area contributed by atoms with Gasteiger partial charge in [-0.3, -0.25) is 0 Å². The highest BCUT2D eigenvalue weighted by atomic mass is 14.2. The van der Waals surface area contributed by atoms with Crippen molar-refractivity contribution in [3.63, 3.8) is 0 Å². The first-order valence-corrected chi connectivity index (χ1v) is 10.6. The number of unbranched alkanes of at least 4 members (excludes halogenated alkanes) is 7. The van der Waals surface area contributed by atoms with E-state index in [1.807, 2.05) is 0 Å². The van der Waals surface area contributed by atoms with Crippen LogP contribution in [0.3, 0.4) is 0 Å². The third-order valence-electron chi connectivity index (χ3n) is 4.99. The smallest absolute Gasteiger partial charge is 0.0324 e. The van der Waals surface area contributed by atoms with Gasteiger partial charge in [0.2, 0.25) is 0 Å². The van der Waals surface area contributed by atoms with Crippen LogP contribution in [0, 0.1) is 18.3 Å². The minimum Gasteiger partial charge on any atom is -0.0654 e. The Hall–Kier alpha value is 0. The van der Waals surface area contributed by atoms with E-state index in [2.05, 4.69) is 34.1 Å². The fourth-order valence-electron chi connectivity index (χ4n) is 3.56. The van der Waals surface area contributed by atoms with Crippen LogP contribution in [-0.2, 0) is 0 Å². The molecule has 0 heterocycles. The molecule has 0 saturated heterocycles. The van der Waals surface area contributed by atoms with E-state index >= 15 is 0 Å². The second-order valence-electron chi connectivity index (χ2n) is 7.34. The fourth-order valence-corrected chi connectivity index (χ4v) is 3.56. The summed E-state index contributed by atoms with van der Waals surface area (Å²) in [7, 11) is 0. The molecule has 0 amide bonds. The Morgan fingerprint density at radius 2 is 0.909 bits per heavy atom. The maximum atomic E-state index is 2.79. The summed E-state index contributed by atoms with van der Waals surface area (Å²) in [5, 5.41) is 0. The molecule has 2 atom stereocenters. The molecule has 0 aromatic heterocycles. The average Bonchev–Trinajstić information content (AvgIpc) is 2.52. The Labute approximate surface area is 142 Å². The van der Waals surface area contributed by atoms with Gasteiger partial charge in [0.1, 0.15) is 0 Å². The first-order valence-electron chi connectivity index (χ1n) is 10.6. The van der Waals surface area contributed by atoms with Gasteiger partial charge in [0.25, 0.3) is 0 Å². The summed E-state index contributed by atoms with van der Waals surface area (Å²) in [4.78, 5) is 0. The highest BCUT2D eigenvalue weighted by Gasteiger charge is 2.16. The zero-order valence-electron chi connectivity index (χ0n) is 16.3. The molecule has 0 spiro atoms. The zero-order chi connectivity index (χ0) is 16.5. The summed E-state index contributed by atoms with van der Waals surface area (Å²) in [6.07, 6.45) is 24.0. The molecule has 0 saturated carbocycles. The monoisotopic (exact) mass is 309 g/mol. The Morgan fingerprint density at radius 1 is 0.455 bits per heavy atom. The molecule has 0 aliphatic rings. The van der Waals surface area contributed by atoms with Crippen LogP contribution >= 0.6 is 0 Å². The summed E-state index contributed by atoms with van der Waals surface area (Å²) in [6, 6.07) is 0. The SMILES string of the molecule is CCCCCCCC([CH]C(CCC)CCCCC)CCCC. The van der Waals surface area contributed by atoms with Crippen LogP contribution in [0.15, 0.2) is 0 Å². The van der Waals surface area contributed by atoms with Crippen molar-refractivity contribution in [2.24, 2.45) is 11.8 Å². The molecule has 0 aromatic carbocycles. The second kappa shape index (κ2) is 17.4. The third kappa shape index (κ3) is 13.6. The fraction of sp³-hybridized carbons (Fsp3) is 0.955. The maximum Gasteiger partial charge on any atom is -0.0324 e. The molecule has 0 N–H and O–H groups in total. The second-order valence-corrected chi connectivity index (χ2v) is 7.34. The molecule has 1 radical (unpaired) electrons. The molecule has 0 fully saturated rings. The van der Waals surface area contributed by atoms with Gasteiger partial charge in [0.05, 0.1) is 0 Å². The summed E-state index contributed by atoms with van der Waals surface area (Å²) in [5.41, 5.74) is 0. The van der Waals surface area contributed by atoms with Crippen LogP contribution in [0.2, 0.25) is 0 Å². The first kappa shape index (κ1) is 22.0. The predicted molar refractivity (Wildman–Crippen MR) is 103 cm³/mol. The van der Waals surface area contributed by atoms with Crippen molar-refractivity contribution >= 4 is 0 Å². The standard InChI is InChI=1S/C22H45/c1-5-9-12-13-15-19-22(17-11-7-3)20-21(16-8-4)18-14-10-6-2/h20-22H,5-19H2,1-4H3. The van der Waals surface area contributed by atoms with Crippen molar-refractivity contribution in [2.75, 3.05) is 0 Å². The molecule has 0 aromatic rings. The van der Waals surface area contributed by atoms with Crippen molar-refractivity contribution < 1.29 is 0 Å². The third-order valence-corrected chi connectivity index (χ3v) is 4.99. The van der Waals surface area contributed by atoms with Gasteiger partial charge in [-0.25, -0.2) is 0 Å². The lowest BCUT2D eigenvalue weighted by molar-refractivity contribution is 0.376. The molecule has 2 unspecified atom stereocenters. The van der Waals surface area contributed by atoms with Gasteiger partial charge >= 0.3 is 0 Å². The van der Waals surface area contributed by atoms with Crippen molar-refractivity contribution in [1.29, 1.82) is 0 Å². The van der Waals surface area contributed by atoms with Crippen molar-refractivity contribution in [3.8, 4) is 0 Å². The zero-order valence-corrected chi connectivity index (χ0v) is 16.3. The summed E-state index contributed by atoms with van der Waals surface area (Å²) >= 11 is 0. The van der Waals surface area contributed by atoms with Gasteiger partial charge in [-0.2, -0.15) is 0 Å². The molecule has 0 rings (SSSR count). The molecule has 0 nitrogen and oxygen atoms in total. The first-order chi connectivity index (χ1) is 10.8. The van der Waals surface area contributed by atoms with Crippen LogP contribution in [0.25, 0.3) is 0 Å². The van der Waals surface area contributed by atoms with Gasteiger partial charge < -0.3 is 0 Å². The van der Waals surface area contributed by atoms with E-state index in [1.54, 1.807) is 0 Å². The molecular formula is C22H45. The molecule has 0 aliphatic carbocycles. The average molecular weight is 310 g/mol. The topological polar surface area (TPSA) is 0 Å². The number of hydrogen-bond acceptors (Lipinski definition) is 0. The van der Waals surface area contributed by atoms with E-state index < -0.39 is 0 Å². The van der Waals surface area contributed by atoms with Gasteiger partial charge in [0.15, 0.2) is 0 Å². The van der Waals surface area contributed by atoms with E-state index in [4.69, 9.17) is 0 Å². The molecule has 133 valence electrons. The number of rotatable bonds is 17. The molecule has 0 bridgehead atoms. The molecule has 22 heavy (non-hydrogen) atoms. The van der Waals surface area contributed by atoms with Crippen LogP contribution < -0.4 is 0 Å². The van der Waals surface area contributed by atoms with Crippen LogP contribution in [0.1, 0.15) is 124 Å². The van der Waals surface area contributed by atoms with Gasteiger partial charge in [-0.1, -0.05) is 124 Å². The van der Waals surface area contributed by atoms with Crippen molar-refractivity contribution in [2.45, 2.75) is 124 Å². The lowest BCUT2D eigenvalue weighted by Gasteiger charge is -2.23. The van der Waals surface area contributed by atoms with Crippen molar-refractivity contribution in [3.05, 3.63) is 6.42 Å². The Bertz CT molecular complexity index is 196. The molecule has 0 aliphatic heterocycles. The van der Waals surface area contributed by atoms with E-state index in [0.717, 1.165) is 11.8 Å². The Kier molecular flexibility index (Phi) is 17.4. The summed E-state index contributed by atoms with van der Waals surface area (Å²) < 4.78 is 0. The van der Waals surface area contributed by atoms with Crippen molar-refractivity contribution in [1.82, 2.24) is 0 Å². The summed E-state index contributed by atoms with van der Waals surface area (Å²) in [6.45, 7) is 9.32. The number of hydrogen-bond donors (Lipinski definition) is 0. The van der Waals surface area contributed by atoms with Gasteiger partial charge in [-0.05, 0) is 18.3 Å². The van der Waals surface area contributed by atoms with Gasteiger partial charge in [0, 0.05) is 0 Å². The van der Waals surface area contributed by atoms with E-state index in [-0.39, 0.29) is 0 Å². The highest BCUT2D eigenvalue weighted by molar-refractivity contribution is 4.84. The lowest BCUT2D eigenvalue weighted by atomic mass is 9.82. The van der Waals surface area contributed by atoms with Crippen LogP contribution in [0.5, 0.6) is 0 Å². The summed E-state index contributed by atoms with van der Waals surface area (Å²) in [5.74, 6) is 1.80.